The van der Waals surface area contributed by atoms with Crippen molar-refractivity contribution >= 4 is 5.97 Å². The zero-order valence-electron chi connectivity index (χ0n) is 12.5. The summed E-state index contributed by atoms with van der Waals surface area (Å²) in [6.07, 6.45) is -2.76. The lowest BCUT2D eigenvalue weighted by Crippen LogP contribution is -2.48. The summed E-state index contributed by atoms with van der Waals surface area (Å²) in [5, 5.41) is 0. The van der Waals surface area contributed by atoms with E-state index in [-0.39, 0.29) is 12.3 Å². The first-order valence-corrected chi connectivity index (χ1v) is 7.31. The van der Waals surface area contributed by atoms with Crippen molar-refractivity contribution in [1.82, 2.24) is 0 Å². The molecule has 0 spiro atoms. The lowest BCUT2D eigenvalue weighted by atomic mass is 9.72. The highest BCUT2D eigenvalue weighted by Gasteiger charge is 2.58. The summed E-state index contributed by atoms with van der Waals surface area (Å²) in [6, 6.07) is 0. The van der Waals surface area contributed by atoms with Gasteiger partial charge in [-0.3, -0.25) is 4.79 Å². The molecule has 2 fully saturated rings. The third-order valence-corrected chi connectivity index (χ3v) is 5.65. The fourth-order valence-corrected chi connectivity index (χ4v) is 4.36. The van der Waals surface area contributed by atoms with E-state index in [4.69, 9.17) is 0 Å². The Labute approximate surface area is 118 Å². The van der Waals surface area contributed by atoms with E-state index in [1.54, 1.807) is 0 Å². The molecule has 2 aliphatic rings. The number of rotatable bonds is 3. The topological polar surface area (TPSA) is 26.3 Å². The zero-order valence-corrected chi connectivity index (χ0v) is 12.5. The second kappa shape index (κ2) is 4.92. The van der Waals surface area contributed by atoms with Gasteiger partial charge in [-0.05, 0) is 55.8 Å². The molecule has 2 aliphatic carbocycles. The van der Waals surface area contributed by atoms with E-state index >= 15 is 0 Å². The third kappa shape index (κ3) is 2.56. The van der Waals surface area contributed by atoms with Crippen molar-refractivity contribution in [2.24, 2.45) is 29.6 Å². The first kappa shape index (κ1) is 15.6. The molecule has 0 aromatic heterocycles. The fraction of sp³-hybridized carbons (Fsp3) is 0.933. The van der Waals surface area contributed by atoms with Gasteiger partial charge in [-0.1, -0.05) is 13.8 Å². The van der Waals surface area contributed by atoms with Gasteiger partial charge in [0.15, 0.2) is 0 Å². The van der Waals surface area contributed by atoms with Gasteiger partial charge in [0.25, 0.3) is 0 Å². The maximum absolute atomic E-state index is 13.3. The van der Waals surface area contributed by atoms with Crippen LogP contribution in [0.2, 0.25) is 0 Å². The molecule has 20 heavy (non-hydrogen) atoms. The van der Waals surface area contributed by atoms with Crippen LogP contribution in [0.25, 0.3) is 0 Å². The minimum Gasteiger partial charge on any atom is -0.450 e. The van der Waals surface area contributed by atoms with E-state index in [2.05, 4.69) is 18.6 Å². The predicted molar refractivity (Wildman–Crippen MR) is 68.9 cm³/mol. The maximum Gasteiger partial charge on any atom is 0.428 e. The Balaban J connectivity index is 2.12. The third-order valence-electron chi connectivity index (χ3n) is 5.65. The smallest absolute Gasteiger partial charge is 0.428 e. The highest BCUT2D eigenvalue weighted by atomic mass is 19.4. The Kier molecular flexibility index (Phi) is 3.85. The summed E-state index contributed by atoms with van der Waals surface area (Å²) in [7, 11) is 0. The number of hydrogen-bond donors (Lipinski definition) is 0. The van der Waals surface area contributed by atoms with Crippen molar-refractivity contribution in [3.05, 3.63) is 0 Å². The van der Waals surface area contributed by atoms with Crippen LogP contribution >= 0.6 is 0 Å². The first-order chi connectivity index (χ1) is 9.05. The van der Waals surface area contributed by atoms with Crippen molar-refractivity contribution in [3.8, 4) is 0 Å². The maximum atomic E-state index is 13.3. The fourth-order valence-electron chi connectivity index (χ4n) is 4.36. The Morgan fingerprint density at radius 3 is 2.20 bits per heavy atom. The molecule has 0 aromatic rings. The molecule has 0 heterocycles. The van der Waals surface area contributed by atoms with Crippen LogP contribution < -0.4 is 0 Å². The molecule has 0 N–H and O–H groups in total. The number of hydrogen-bond acceptors (Lipinski definition) is 2. The first-order valence-electron chi connectivity index (χ1n) is 7.31. The molecular formula is C15H23F3O2. The largest absolute Gasteiger partial charge is 0.450 e. The van der Waals surface area contributed by atoms with Crippen LogP contribution in [0.5, 0.6) is 0 Å². The van der Waals surface area contributed by atoms with Crippen LogP contribution in [0.1, 0.15) is 47.0 Å². The van der Waals surface area contributed by atoms with E-state index in [1.165, 1.54) is 0 Å². The lowest BCUT2D eigenvalue weighted by Gasteiger charge is -2.38. The molecular weight excluding hydrogens is 269 g/mol. The van der Waals surface area contributed by atoms with Crippen LogP contribution in [0.15, 0.2) is 0 Å². The van der Waals surface area contributed by atoms with E-state index < -0.39 is 17.7 Å². The highest BCUT2D eigenvalue weighted by Crippen LogP contribution is 2.57. The summed E-state index contributed by atoms with van der Waals surface area (Å²) in [6.45, 7) is 6.38. The quantitative estimate of drug-likeness (QED) is 0.729. The summed E-state index contributed by atoms with van der Waals surface area (Å²) in [5.41, 5.74) is -2.35. The van der Waals surface area contributed by atoms with E-state index in [9.17, 15) is 18.0 Å². The highest BCUT2D eigenvalue weighted by molar-refractivity contribution is 5.66. The van der Waals surface area contributed by atoms with Gasteiger partial charge in [0.2, 0.25) is 5.60 Å². The van der Waals surface area contributed by atoms with Crippen LogP contribution in [0.4, 0.5) is 13.2 Å². The molecule has 0 aromatic carbocycles. The number of carbonyl (C=O) groups is 1. The number of carbonyl (C=O) groups excluding carboxylic acids is 1. The monoisotopic (exact) mass is 292 g/mol. The van der Waals surface area contributed by atoms with E-state index in [1.807, 2.05) is 0 Å². The Hall–Kier alpha value is -0.740. The number of esters is 1. The van der Waals surface area contributed by atoms with Gasteiger partial charge in [-0.15, -0.1) is 0 Å². The van der Waals surface area contributed by atoms with Crippen LogP contribution in [-0.2, 0) is 9.53 Å². The Morgan fingerprint density at radius 1 is 1.20 bits per heavy atom. The molecule has 2 bridgehead atoms. The average molecular weight is 292 g/mol. The van der Waals surface area contributed by atoms with E-state index in [0.29, 0.717) is 23.7 Å². The summed E-state index contributed by atoms with van der Waals surface area (Å²) in [5.74, 6) is 1.09. The van der Waals surface area contributed by atoms with Crippen LogP contribution in [0, 0.1) is 29.6 Å². The zero-order chi connectivity index (χ0) is 15.3. The van der Waals surface area contributed by atoms with Gasteiger partial charge in [-0.25, -0.2) is 0 Å². The average Bonchev–Trinajstić information content (AvgIpc) is 2.77. The molecule has 2 nitrogen and oxygen atoms in total. The summed E-state index contributed by atoms with van der Waals surface area (Å²) < 4.78 is 44.4. The van der Waals surface area contributed by atoms with Crippen molar-refractivity contribution in [2.75, 3.05) is 0 Å². The standard InChI is InChI=1S/C15H23F3O2/c1-8-9(2)13-6-11(8)5-12(13)7-14(4,15(16,17)18)20-10(3)19/h8-9,11-13H,5-7H2,1-4H3. The van der Waals surface area contributed by atoms with Gasteiger partial charge in [-0.2, -0.15) is 13.2 Å². The van der Waals surface area contributed by atoms with E-state index in [0.717, 1.165) is 26.7 Å². The Morgan fingerprint density at radius 2 is 1.80 bits per heavy atom. The number of fused-ring (bicyclic) bond motifs is 2. The minimum absolute atomic E-state index is 0.0113. The SMILES string of the molecule is CC(=O)OC(C)(CC1CC2CC1C(C)C2C)C(F)(F)F. The molecule has 0 aliphatic heterocycles. The van der Waals surface area contributed by atoms with Gasteiger partial charge < -0.3 is 4.74 Å². The molecule has 0 amide bonds. The van der Waals surface area contributed by atoms with Gasteiger partial charge in [0.1, 0.15) is 0 Å². The number of halogens is 3. The van der Waals surface area contributed by atoms with Crippen molar-refractivity contribution in [1.29, 1.82) is 0 Å². The molecule has 6 unspecified atom stereocenters. The second-order valence-corrected chi connectivity index (χ2v) is 6.90. The molecule has 2 rings (SSSR count). The number of alkyl halides is 3. The molecule has 5 heteroatoms. The molecule has 2 saturated carbocycles. The summed E-state index contributed by atoms with van der Waals surface area (Å²) >= 11 is 0. The predicted octanol–water partition coefficient (Wildman–Crippen LogP) is 4.19. The molecule has 0 saturated heterocycles. The van der Waals surface area contributed by atoms with Crippen molar-refractivity contribution in [3.63, 3.8) is 0 Å². The molecule has 6 atom stereocenters. The molecule has 116 valence electrons. The number of ether oxygens (including phenoxy) is 1. The lowest BCUT2D eigenvalue weighted by molar-refractivity contribution is -0.269. The summed E-state index contributed by atoms with van der Waals surface area (Å²) in [4.78, 5) is 11.0. The van der Waals surface area contributed by atoms with Crippen LogP contribution in [0.3, 0.4) is 0 Å². The van der Waals surface area contributed by atoms with Gasteiger partial charge >= 0.3 is 12.1 Å². The minimum atomic E-state index is -4.52. The van der Waals surface area contributed by atoms with Crippen molar-refractivity contribution < 1.29 is 22.7 Å². The normalized spacial score (nSPS) is 39.6. The van der Waals surface area contributed by atoms with Gasteiger partial charge in [0, 0.05) is 6.92 Å². The molecule has 0 radical (unpaired) electrons. The van der Waals surface area contributed by atoms with Crippen LogP contribution in [-0.4, -0.2) is 17.7 Å². The Bertz CT molecular complexity index is 391. The van der Waals surface area contributed by atoms with Gasteiger partial charge in [0.05, 0.1) is 0 Å². The van der Waals surface area contributed by atoms with Crippen molar-refractivity contribution in [2.45, 2.75) is 58.7 Å². The second-order valence-electron chi connectivity index (χ2n) is 6.90.